The summed E-state index contributed by atoms with van der Waals surface area (Å²) in [5.41, 5.74) is 2.17. The lowest BCUT2D eigenvalue weighted by Crippen LogP contribution is -2.44. The third-order valence-electron chi connectivity index (χ3n) is 3.81. The van der Waals surface area contributed by atoms with Crippen molar-refractivity contribution >= 4 is 33.4 Å². The minimum absolute atomic E-state index is 0.214. The van der Waals surface area contributed by atoms with Crippen molar-refractivity contribution in [1.29, 1.82) is 0 Å². The molecular weight excluding hydrogens is 380 g/mol. The van der Waals surface area contributed by atoms with E-state index in [1.54, 1.807) is 6.07 Å². The molecule has 2 N–H and O–H groups in total. The first-order valence-electron chi connectivity index (χ1n) is 8.29. The number of hydrogen-bond acceptors (Lipinski definition) is 2. The average molecular weight is 403 g/mol. The maximum atomic E-state index is 12.7. The van der Waals surface area contributed by atoms with Gasteiger partial charge < -0.3 is 10.6 Å². The molecule has 0 radical (unpaired) electrons. The summed E-state index contributed by atoms with van der Waals surface area (Å²) in [6.45, 7) is 5.94. The molecule has 2 aromatic rings. The van der Waals surface area contributed by atoms with E-state index >= 15 is 0 Å². The second kappa shape index (κ2) is 8.81. The molecule has 132 valence electrons. The van der Waals surface area contributed by atoms with Gasteiger partial charge in [0.05, 0.1) is 0 Å². The molecule has 0 spiro atoms. The van der Waals surface area contributed by atoms with Gasteiger partial charge in [0.25, 0.3) is 5.91 Å². The monoisotopic (exact) mass is 402 g/mol. The Kier molecular flexibility index (Phi) is 6.76. The highest BCUT2D eigenvalue weighted by Gasteiger charge is 2.23. The van der Waals surface area contributed by atoms with Crippen LogP contribution in [0.5, 0.6) is 0 Å². The van der Waals surface area contributed by atoms with Crippen LogP contribution in [0.4, 0.5) is 5.69 Å². The van der Waals surface area contributed by atoms with Crippen molar-refractivity contribution in [1.82, 2.24) is 5.32 Å². The minimum Gasteiger partial charge on any atom is -0.340 e. The number of amides is 2. The van der Waals surface area contributed by atoms with E-state index in [1.165, 1.54) is 0 Å². The van der Waals surface area contributed by atoms with Crippen LogP contribution in [0.25, 0.3) is 0 Å². The first-order chi connectivity index (χ1) is 11.9. The van der Waals surface area contributed by atoms with Gasteiger partial charge in [-0.15, -0.1) is 0 Å². The Labute approximate surface area is 157 Å². The van der Waals surface area contributed by atoms with Gasteiger partial charge >= 0.3 is 0 Å². The van der Waals surface area contributed by atoms with Gasteiger partial charge in [0.1, 0.15) is 6.04 Å². The van der Waals surface area contributed by atoms with Gasteiger partial charge in [0.2, 0.25) is 5.91 Å². The van der Waals surface area contributed by atoms with Gasteiger partial charge in [-0.3, -0.25) is 9.59 Å². The van der Waals surface area contributed by atoms with E-state index in [0.717, 1.165) is 10.0 Å². The summed E-state index contributed by atoms with van der Waals surface area (Å²) in [6, 6.07) is 14.2. The van der Waals surface area contributed by atoms with Crippen molar-refractivity contribution in [2.24, 2.45) is 5.92 Å². The molecule has 0 saturated heterocycles. The van der Waals surface area contributed by atoms with Crippen molar-refractivity contribution < 1.29 is 9.59 Å². The maximum absolute atomic E-state index is 12.7. The predicted molar refractivity (Wildman–Crippen MR) is 105 cm³/mol. The molecule has 5 heteroatoms. The Hall–Kier alpha value is -2.14. The third kappa shape index (κ3) is 5.71. The van der Waals surface area contributed by atoms with Crippen LogP contribution in [-0.2, 0) is 4.79 Å². The molecule has 4 nitrogen and oxygen atoms in total. The summed E-state index contributed by atoms with van der Waals surface area (Å²) < 4.78 is 0.884. The zero-order valence-corrected chi connectivity index (χ0v) is 16.3. The minimum atomic E-state index is -0.592. The Morgan fingerprint density at radius 3 is 2.44 bits per heavy atom. The fourth-order valence-corrected chi connectivity index (χ4v) is 2.96. The zero-order chi connectivity index (χ0) is 18.4. The number of rotatable bonds is 6. The quantitative estimate of drug-likeness (QED) is 0.744. The largest absolute Gasteiger partial charge is 0.340 e. The number of carbonyl (C=O) groups is 2. The summed E-state index contributed by atoms with van der Waals surface area (Å²) in [5.74, 6) is -0.169. The van der Waals surface area contributed by atoms with Gasteiger partial charge in [-0.2, -0.15) is 0 Å². The summed E-state index contributed by atoms with van der Waals surface area (Å²) >= 11 is 3.39. The molecule has 1 atom stereocenters. The molecule has 2 amide bonds. The number of halogens is 1. The topological polar surface area (TPSA) is 58.2 Å². The van der Waals surface area contributed by atoms with E-state index < -0.39 is 6.04 Å². The number of hydrogen-bond donors (Lipinski definition) is 2. The smallest absolute Gasteiger partial charge is 0.252 e. The number of nitrogens with one attached hydrogen (secondary N) is 2. The van der Waals surface area contributed by atoms with Crippen molar-refractivity contribution in [3.8, 4) is 0 Å². The molecule has 25 heavy (non-hydrogen) atoms. The Bertz CT molecular complexity index is 759. The lowest BCUT2D eigenvalue weighted by atomic mass is 10.0. The first kappa shape index (κ1) is 19.2. The van der Waals surface area contributed by atoms with Gasteiger partial charge in [-0.05, 0) is 49.1 Å². The second-order valence-corrected chi connectivity index (χ2v) is 7.39. The van der Waals surface area contributed by atoms with Gasteiger partial charge in [0.15, 0.2) is 0 Å². The fraction of sp³-hybridized carbons (Fsp3) is 0.300. The average Bonchev–Trinajstić information content (AvgIpc) is 2.54. The highest BCUT2D eigenvalue weighted by atomic mass is 79.9. The van der Waals surface area contributed by atoms with Crippen molar-refractivity contribution in [3.05, 3.63) is 64.1 Å². The first-order valence-corrected chi connectivity index (χ1v) is 9.09. The van der Waals surface area contributed by atoms with Crippen molar-refractivity contribution in [2.75, 3.05) is 5.32 Å². The van der Waals surface area contributed by atoms with Crippen molar-refractivity contribution in [2.45, 2.75) is 33.2 Å². The molecule has 0 saturated carbocycles. The zero-order valence-electron chi connectivity index (χ0n) is 14.7. The molecular formula is C20H23BrN2O2. The van der Waals surface area contributed by atoms with Crippen LogP contribution in [0.15, 0.2) is 53.0 Å². The van der Waals surface area contributed by atoms with E-state index in [9.17, 15) is 9.59 Å². The highest BCUT2D eigenvalue weighted by molar-refractivity contribution is 9.10. The normalized spacial score (nSPS) is 11.9. The van der Waals surface area contributed by atoms with Crippen LogP contribution in [0.3, 0.4) is 0 Å². The summed E-state index contributed by atoms with van der Waals surface area (Å²) in [4.78, 5) is 25.2. The molecule has 2 rings (SSSR count). The second-order valence-electron chi connectivity index (χ2n) is 6.47. The van der Waals surface area contributed by atoms with E-state index in [4.69, 9.17) is 0 Å². The molecule has 0 unspecified atom stereocenters. The number of aryl methyl sites for hydroxylation is 1. The number of anilines is 1. The van der Waals surface area contributed by atoms with E-state index in [0.29, 0.717) is 17.7 Å². The predicted octanol–water partition coefficient (Wildman–Crippen LogP) is 4.54. The Balaban J connectivity index is 2.13. The van der Waals surface area contributed by atoms with Gasteiger partial charge in [0, 0.05) is 15.7 Å². The summed E-state index contributed by atoms with van der Waals surface area (Å²) in [7, 11) is 0. The maximum Gasteiger partial charge on any atom is 0.252 e. The molecule has 0 bridgehead atoms. The van der Waals surface area contributed by atoms with Gasteiger partial charge in [-0.1, -0.05) is 54.0 Å². The molecule has 0 heterocycles. The van der Waals surface area contributed by atoms with Crippen LogP contribution >= 0.6 is 15.9 Å². The molecule has 0 aromatic heterocycles. The fourth-order valence-electron chi connectivity index (χ4n) is 2.56. The van der Waals surface area contributed by atoms with E-state index in [2.05, 4.69) is 26.6 Å². The Morgan fingerprint density at radius 1 is 1.08 bits per heavy atom. The number of benzene rings is 2. The molecule has 0 fully saturated rings. The molecule has 0 aliphatic heterocycles. The van der Waals surface area contributed by atoms with E-state index in [-0.39, 0.29) is 17.7 Å². The third-order valence-corrected chi connectivity index (χ3v) is 4.30. The lowest BCUT2D eigenvalue weighted by Gasteiger charge is -2.21. The SMILES string of the molecule is Cc1ccccc1C(=O)N[C@@H](CC(C)C)C(=O)Nc1cccc(Br)c1. The molecule has 0 aliphatic rings. The summed E-state index contributed by atoms with van der Waals surface area (Å²) in [5, 5.41) is 5.75. The molecule has 0 aliphatic carbocycles. The lowest BCUT2D eigenvalue weighted by molar-refractivity contribution is -0.118. The van der Waals surface area contributed by atoms with E-state index in [1.807, 2.05) is 63.2 Å². The van der Waals surface area contributed by atoms with Crippen LogP contribution < -0.4 is 10.6 Å². The van der Waals surface area contributed by atoms with Crippen LogP contribution in [0.1, 0.15) is 36.2 Å². The van der Waals surface area contributed by atoms with Crippen LogP contribution in [0, 0.1) is 12.8 Å². The summed E-state index contributed by atoms with van der Waals surface area (Å²) in [6.07, 6.45) is 0.567. The van der Waals surface area contributed by atoms with Crippen LogP contribution in [0.2, 0.25) is 0 Å². The Morgan fingerprint density at radius 2 is 1.80 bits per heavy atom. The highest BCUT2D eigenvalue weighted by Crippen LogP contribution is 2.17. The van der Waals surface area contributed by atoms with Crippen LogP contribution in [-0.4, -0.2) is 17.9 Å². The standard InChI is InChI=1S/C20H23BrN2O2/c1-13(2)11-18(20(25)22-16-9-6-8-15(21)12-16)23-19(24)17-10-5-4-7-14(17)3/h4-10,12-13,18H,11H2,1-3H3,(H,22,25)(H,23,24)/t18-/m0/s1. The van der Waals surface area contributed by atoms with Gasteiger partial charge in [-0.25, -0.2) is 0 Å². The molecule has 2 aromatic carbocycles. The van der Waals surface area contributed by atoms with Crippen molar-refractivity contribution in [3.63, 3.8) is 0 Å². The number of carbonyl (C=O) groups excluding carboxylic acids is 2.